The van der Waals surface area contributed by atoms with E-state index in [2.05, 4.69) is 16.8 Å². The summed E-state index contributed by atoms with van der Waals surface area (Å²) >= 11 is 0. The van der Waals surface area contributed by atoms with E-state index in [0.29, 0.717) is 23.3 Å². The zero-order valence-electron chi connectivity index (χ0n) is 9.65. The molecule has 2 heteroatoms. The Labute approximate surface area is 105 Å². The van der Waals surface area contributed by atoms with E-state index in [1.165, 1.54) is 0 Å². The normalized spacial score (nSPS) is 12.9. The summed E-state index contributed by atoms with van der Waals surface area (Å²) in [4.78, 5) is 4.10. The van der Waals surface area contributed by atoms with Crippen molar-refractivity contribution in [1.82, 2.24) is 4.98 Å². The Balaban J connectivity index is 1.93. The van der Waals surface area contributed by atoms with Crippen molar-refractivity contribution < 1.29 is 4.39 Å². The van der Waals surface area contributed by atoms with Crippen molar-refractivity contribution in [3.8, 4) is 11.8 Å². The Morgan fingerprint density at radius 3 is 2.61 bits per heavy atom. The van der Waals surface area contributed by atoms with Gasteiger partial charge in [-0.05, 0) is 23.6 Å². The van der Waals surface area contributed by atoms with Crippen molar-refractivity contribution in [1.29, 1.82) is 0 Å². The molecule has 1 aromatic carbocycles. The van der Waals surface area contributed by atoms with Crippen LogP contribution in [0.25, 0.3) is 5.83 Å². The quantitative estimate of drug-likeness (QED) is 0.638. The summed E-state index contributed by atoms with van der Waals surface area (Å²) in [7, 11) is 0. The molecule has 0 bridgehead atoms. The number of aromatic nitrogens is 1. The van der Waals surface area contributed by atoms with Crippen LogP contribution in [0.4, 0.5) is 4.39 Å². The van der Waals surface area contributed by atoms with Gasteiger partial charge in [-0.25, -0.2) is 9.37 Å². The van der Waals surface area contributed by atoms with Crippen molar-refractivity contribution in [3.63, 3.8) is 0 Å². The van der Waals surface area contributed by atoms with Gasteiger partial charge in [0.05, 0.1) is 0 Å². The molecule has 3 rings (SSSR count). The van der Waals surface area contributed by atoms with E-state index < -0.39 is 0 Å². The highest BCUT2D eigenvalue weighted by molar-refractivity contribution is 5.75. The van der Waals surface area contributed by atoms with Gasteiger partial charge >= 0.3 is 0 Å². The fourth-order valence-electron chi connectivity index (χ4n) is 1.99. The predicted molar refractivity (Wildman–Crippen MR) is 69.3 cm³/mol. The lowest BCUT2D eigenvalue weighted by atomic mass is 10.1. The molecule has 0 amide bonds. The lowest BCUT2D eigenvalue weighted by Gasteiger charge is -1.94. The second kappa shape index (κ2) is 4.46. The van der Waals surface area contributed by atoms with Crippen molar-refractivity contribution in [2.75, 3.05) is 0 Å². The standard InChI is InChI=1S/C16H10FN/c17-16-13(8-9-14-6-3-4-10-18-14)11-12-5-1-2-7-15(12)16/h1-7,10H,11H2. The molecular weight excluding hydrogens is 225 g/mol. The molecule has 0 spiro atoms. The summed E-state index contributed by atoms with van der Waals surface area (Å²) in [5.74, 6) is 5.58. The Bertz CT molecular complexity index is 675. The van der Waals surface area contributed by atoms with E-state index in [9.17, 15) is 4.39 Å². The highest BCUT2D eigenvalue weighted by Crippen LogP contribution is 2.32. The van der Waals surface area contributed by atoms with Gasteiger partial charge in [0.1, 0.15) is 11.5 Å². The summed E-state index contributed by atoms with van der Waals surface area (Å²) in [6.07, 6.45) is 2.25. The van der Waals surface area contributed by atoms with Gasteiger partial charge in [0.2, 0.25) is 0 Å². The van der Waals surface area contributed by atoms with Gasteiger partial charge < -0.3 is 0 Å². The lowest BCUT2D eigenvalue weighted by Crippen LogP contribution is -1.83. The van der Waals surface area contributed by atoms with Gasteiger partial charge in [0, 0.05) is 23.8 Å². The van der Waals surface area contributed by atoms with Crippen LogP contribution in [-0.2, 0) is 6.42 Å². The van der Waals surface area contributed by atoms with Crippen LogP contribution in [0.2, 0.25) is 0 Å². The summed E-state index contributed by atoms with van der Waals surface area (Å²) in [6.45, 7) is 0. The predicted octanol–water partition coefficient (Wildman–Crippen LogP) is 3.37. The van der Waals surface area contributed by atoms with E-state index in [4.69, 9.17) is 0 Å². The molecule has 1 aliphatic carbocycles. The molecule has 86 valence electrons. The average Bonchev–Trinajstić information content (AvgIpc) is 2.75. The molecule has 0 saturated heterocycles. The minimum atomic E-state index is -0.200. The van der Waals surface area contributed by atoms with Crippen LogP contribution >= 0.6 is 0 Å². The monoisotopic (exact) mass is 235 g/mol. The van der Waals surface area contributed by atoms with E-state index in [-0.39, 0.29) is 5.83 Å². The van der Waals surface area contributed by atoms with Crippen molar-refractivity contribution >= 4 is 5.83 Å². The van der Waals surface area contributed by atoms with Gasteiger partial charge in [0.15, 0.2) is 0 Å². The van der Waals surface area contributed by atoms with Gasteiger partial charge in [-0.2, -0.15) is 0 Å². The minimum Gasteiger partial charge on any atom is -0.248 e. The summed E-state index contributed by atoms with van der Waals surface area (Å²) in [5, 5.41) is 0. The Morgan fingerprint density at radius 2 is 1.83 bits per heavy atom. The van der Waals surface area contributed by atoms with Gasteiger partial charge in [-0.1, -0.05) is 36.3 Å². The third-order valence-corrected chi connectivity index (χ3v) is 2.89. The first-order valence-electron chi connectivity index (χ1n) is 5.74. The molecule has 1 aromatic heterocycles. The number of allylic oxidation sites excluding steroid dienone is 1. The maximum atomic E-state index is 14.0. The number of fused-ring (bicyclic) bond motifs is 1. The van der Waals surface area contributed by atoms with E-state index in [1.807, 2.05) is 36.4 Å². The Kier molecular flexibility index (Phi) is 2.66. The zero-order chi connectivity index (χ0) is 12.4. The van der Waals surface area contributed by atoms with Crippen LogP contribution in [0.5, 0.6) is 0 Å². The summed E-state index contributed by atoms with van der Waals surface area (Å²) < 4.78 is 14.0. The minimum absolute atomic E-state index is 0.200. The van der Waals surface area contributed by atoms with E-state index in [0.717, 1.165) is 5.56 Å². The maximum absolute atomic E-state index is 14.0. The second-order valence-electron chi connectivity index (χ2n) is 4.09. The zero-order valence-corrected chi connectivity index (χ0v) is 9.65. The van der Waals surface area contributed by atoms with Crippen molar-refractivity contribution in [2.45, 2.75) is 6.42 Å². The number of rotatable bonds is 0. The molecule has 0 saturated carbocycles. The van der Waals surface area contributed by atoms with Gasteiger partial charge in [0.25, 0.3) is 0 Å². The molecule has 0 N–H and O–H groups in total. The van der Waals surface area contributed by atoms with Crippen LogP contribution < -0.4 is 0 Å². The average molecular weight is 235 g/mol. The topological polar surface area (TPSA) is 12.9 Å². The molecule has 18 heavy (non-hydrogen) atoms. The molecule has 1 aliphatic rings. The number of hydrogen-bond donors (Lipinski definition) is 0. The lowest BCUT2D eigenvalue weighted by molar-refractivity contribution is 0.759. The van der Waals surface area contributed by atoms with Crippen LogP contribution in [0.15, 0.2) is 54.2 Å². The van der Waals surface area contributed by atoms with Gasteiger partial charge in [-0.15, -0.1) is 0 Å². The third kappa shape index (κ3) is 1.91. The fourth-order valence-corrected chi connectivity index (χ4v) is 1.99. The molecule has 0 fully saturated rings. The van der Waals surface area contributed by atoms with Crippen LogP contribution in [0.3, 0.4) is 0 Å². The van der Waals surface area contributed by atoms with Crippen LogP contribution in [-0.4, -0.2) is 4.98 Å². The van der Waals surface area contributed by atoms with Crippen molar-refractivity contribution in [2.24, 2.45) is 0 Å². The molecule has 1 heterocycles. The molecule has 0 aliphatic heterocycles. The highest BCUT2D eigenvalue weighted by Gasteiger charge is 2.19. The molecule has 0 atom stereocenters. The number of hydrogen-bond acceptors (Lipinski definition) is 1. The van der Waals surface area contributed by atoms with Crippen LogP contribution in [0.1, 0.15) is 16.8 Å². The third-order valence-electron chi connectivity index (χ3n) is 2.89. The van der Waals surface area contributed by atoms with Gasteiger partial charge in [-0.3, -0.25) is 0 Å². The van der Waals surface area contributed by atoms with E-state index >= 15 is 0 Å². The molecule has 0 unspecified atom stereocenters. The Hall–Kier alpha value is -2.40. The summed E-state index contributed by atoms with van der Waals surface area (Å²) in [6, 6.07) is 13.0. The first-order chi connectivity index (χ1) is 8.84. The fraction of sp³-hybridized carbons (Fsp3) is 0.0625. The number of pyridine rings is 1. The van der Waals surface area contributed by atoms with Crippen LogP contribution in [0, 0.1) is 11.8 Å². The smallest absolute Gasteiger partial charge is 0.142 e. The molecule has 1 nitrogen and oxygen atoms in total. The highest BCUT2D eigenvalue weighted by atomic mass is 19.1. The first kappa shape index (κ1) is 10.7. The SMILES string of the molecule is FC1=C(C#Cc2ccccn2)Cc2ccccc21. The second-order valence-corrected chi connectivity index (χ2v) is 4.09. The summed E-state index contributed by atoms with van der Waals surface area (Å²) in [5.41, 5.74) is 2.87. The molecule has 0 radical (unpaired) electrons. The van der Waals surface area contributed by atoms with E-state index in [1.54, 1.807) is 12.3 Å². The van der Waals surface area contributed by atoms with Crippen molar-refractivity contribution in [3.05, 3.63) is 71.1 Å². The number of nitrogens with zero attached hydrogens (tertiary/aromatic N) is 1. The largest absolute Gasteiger partial charge is 0.248 e. The maximum Gasteiger partial charge on any atom is 0.142 e. The Morgan fingerprint density at radius 1 is 1.00 bits per heavy atom. The number of benzene rings is 1. The first-order valence-corrected chi connectivity index (χ1v) is 5.74. The number of halogens is 1. The molecule has 2 aromatic rings. The molecular formula is C16H10FN.